The van der Waals surface area contributed by atoms with Gasteiger partial charge >= 0.3 is 0 Å². The van der Waals surface area contributed by atoms with Crippen LogP contribution in [-0.4, -0.2) is 25.3 Å². The van der Waals surface area contributed by atoms with Crippen LogP contribution in [0.1, 0.15) is 27.2 Å². The van der Waals surface area contributed by atoms with E-state index in [1.54, 1.807) is 11.8 Å². The molecule has 2 aliphatic carbocycles. The van der Waals surface area contributed by atoms with E-state index in [1.165, 1.54) is 0 Å². The smallest absolute Gasteiger partial charge is 0.194 e. The molecule has 0 unspecified atom stereocenters. The van der Waals surface area contributed by atoms with Gasteiger partial charge in [-0.25, -0.2) is 0 Å². The van der Waals surface area contributed by atoms with Crippen molar-refractivity contribution in [3.63, 3.8) is 0 Å². The SMILES string of the molecule is CS[C@]1(O[Si](C)(C)C(C)(C)C)[C@H]2C=C[C@H]1C(=O)C2. The van der Waals surface area contributed by atoms with Crippen molar-refractivity contribution in [1.29, 1.82) is 0 Å². The topological polar surface area (TPSA) is 26.3 Å². The van der Waals surface area contributed by atoms with Gasteiger partial charge in [0.25, 0.3) is 0 Å². The lowest BCUT2D eigenvalue weighted by molar-refractivity contribution is -0.120. The zero-order valence-electron chi connectivity index (χ0n) is 12.2. The Balaban J connectivity index is 2.30. The van der Waals surface area contributed by atoms with E-state index in [9.17, 15) is 4.79 Å². The van der Waals surface area contributed by atoms with Gasteiger partial charge in [-0.3, -0.25) is 4.79 Å². The zero-order chi connectivity index (χ0) is 13.8. The second-order valence-corrected chi connectivity index (χ2v) is 12.7. The van der Waals surface area contributed by atoms with E-state index in [2.05, 4.69) is 52.3 Å². The standard InChI is InChI=1S/C14H24O2SSi/c1-13(2,3)18(5,6)16-14(17-4)10-7-8-11(14)12(15)9-10/h7-8,10-11H,9H2,1-6H3/t10-,11-,14+/m0/s1. The number of rotatable bonds is 3. The molecule has 0 aromatic carbocycles. The first-order chi connectivity index (χ1) is 8.14. The summed E-state index contributed by atoms with van der Waals surface area (Å²) in [6, 6.07) is 0. The third-order valence-electron chi connectivity index (χ3n) is 4.79. The summed E-state index contributed by atoms with van der Waals surface area (Å²) in [5.41, 5.74) is 0. The lowest BCUT2D eigenvalue weighted by Gasteiger charge is -2.45. The van der Waals surface area contributed by atoms with Crippen LogP contribution in [-0.2, 0) is 9.22 Å². The molecule has 0 heterocycles. The van der Waals surface area contributed by atoms with Crippen LogP contribution >= 0.6 is 11.8 Å². The van der Waals surface area contributed by atoms with Gasteiger partial charge in [-0.15, -0.1) is 11.8 Å². The Bertz CT molecular complexity index is 397. The molecular weight excluding hydrogens is 260 g/mol. The number of ketones is 1. The number of hydrogen-bond acceptors (Lipinski definition) is 3. The van der Waals surface area contributed by atoms with Gasteiger partial charge in [-0.05, 0) is 24.4 Å². The van der Waals surface area contributed by atoms with E-state index < -0.39 is 8.32 Å². The molecular formula is C14H24O2SSi. The van der Waals surface area contributed by atoms with Crippen LogP contribution in [0.5, 0.6) is 0 Å². The highest BCUT2D eigenvalue weighted by atomic mass is 32.2. The van der Waals surface area contributed by atoms with Crippen molar-refractivity contribution >= 4 is 25.9 Å². The molecule has 0 radical (unpaired) electrons. The molecule has 18 heavy (non-hydrogen) atoms. The third-order valence-corrected chi connectivity index (χ3v) is 10.7. The molecule has 0 amide bonds. The maximum Gasteiger partial charge on any atom is 0.194 e. The van der Waals surface area contributed by atoms with Crippen molar-refractivity contribution in [2.75, 3.05) is 6.26 Å². The summed E-state index contributed by atoms with van der Waals surface area (Å²) in [5.74, 6) is 0.612. The Morgan fingerprint density at radius 3 is 2.33 bits per heavy atom. The lowest BCUT2D eigenvalue weighted by atomic mass is 10.1. The van der Waals surface area contributed by atoms with E-state index in [0.717, 1.165) is 0 Å². The van der Waals surface area contributed by atoms with Crippen molar-refractivity contribution in [3.05, 3.63) is 12.2 Å². The number of hydrogen-bond donors (Lipinski definition) is 0. The molecule has 2 nitrogen and oxygen atoms in total. The Morgan fingerprint density at radius 1 is 1.39 bits per heavy atom. The Labute approximate surface area is 116 Å². The molecule has 0 N–H and O–H groups in total. The van der Waals surface area contributed by atoms with Gasteiger partial charge in [0.15, 0.2) is 8.32 Å². The number of carbonyl (C=O) groups excluding carboxylic acids is 1. The predicted molar refractivity (Wildman–Crippen MR) is 80.3 cm³/mol. The molecule has 3 atom stereocenters. The lowest BCUT2D eigenvalue weighted by Crippen LogP contribution is -2.51. The van der Waals surface area contributed by atoms with Gasteiger partial charge in [0.1, 0.15) is 10.7 Å². The van der Waals surface area contributed by atoms with Crippen LogP contribution < -0.4 is 0 Å². The average Bonchev–Trinajstić information content (AvgIpc) is 2.67. The Morgan fingerprint density at radius 2 is 2.00 bits per heavy atom. The van der Waals surface area contributed by atoms with Crippen molar-refractivity contribution in [2.24, 2.45) is 11.8 Å². The van der Waals surface area contributed by atoms with E-state index in [4.69, 9.17) is 4.43 Å². The first-order valence-electron chi connectivity index (χ1n) is 6.60. The Hall–Kier alpha value is -0.0631. The summed E-state index contributed by atoms with van der Waals surface area (Å²) in [5, 5.41) is 0.181. The van der Waals surface area contributed by atoms with Gasteiger partial charge in [-0.2, -0.15) is 0 Å². The molecule has 4 heteroatoms. The molecule has 2 aliphatic rings. The molecule has 0 spiro atoms. The molecule has 1 saturated carbocycles. The minimum absolute atomic E-state index is 0.0216. The van der Waals surface area contributed by atoms with E-state index >= 15 is 0 Å². The fourth-order valence-electron chi connectivity index (χ4n) is 2.64. The molecule has 1 fully saturated rings. The van der Waals surface area contributed by atoms with Gasteiger partial charge in [0.2, 0.25) is 0 Å². The highest BCUT2D eigenvalue weighted by Crippen LogP contribution is 2.56. The van der Waals surface area contributed by atoms with Crippen LogP contribution in [0.3, 0.4) is 0 Å². The molecule has 2 bridgehead atoms. The molecule has 2 rings (SSSR count). The fraction of sp³-hybridized carbons (Fsp3) is 0.786. The van der Waals surface area contributed by atoms with Gasteiger partial charge in [0.05, 0.1) is 5.92 Å². The predicted octanol–water partition coefficient (Wildman–Crippen LogP) is 3.84. The number of Topliss-reactive ketones (excluding diaryl/α,β-unsaturated/α-hetero) is 1. The second-order valence-electron chi connectivity index (χ2n) is 6.93. The average molecular weight is 284 g/mol. The second kappa shape index (κ2) is 4.22. The first-order valence-corrected chi connectivity index (χ1v) is 10.7. The Kier molecular flexibility index (Phi) is 3.36. The van der Waals surface area contributed by atoms with Crippen LogP contribution in [0, 0.1) is 11.8 Å². The molecule has 102 valence electrons. The summed E-state index contributed by atoms with van der Waals surface area (Å²) < 4.78 is 6.68. The van der Waals surface area contributed by atoms with Gasteiger partial charge < -0.3 is 4.43 Å². The summed E-state index contributed by atoms with van der Waals surface area (Å²) in [7, 11) is -1.85. The fourth-order valence-corrected chi connectivity index (χ4v) is 5.91. The van der Waals surface area contributed by atoms with Crippen LogP contribution in [0.4, 0.5) is 0 Å². The quantitative estimate of drug-likeness (QED) is 0.447. The van der Waals surface area contributed by atoms with Crippen LogP contribution in [0.15, 0.2) is 12.2 Å². The minimum atomic E-state index is -1.85. The normalized spacial score (nSPS) is 35.6. The van der Waals surface area contributed by atoms with Crippen molar-refractivity contribution in [2.45, 2.75) is 50.3 Å². The van der Waals surface area contributed by atoms with E-state index in [1.807, 2.05) is 0 Å². The zero-order valence-corrected chi connectivity index (χ0v) is 14.1. The molecule has 0 saturated heterocycles. The highest BCUT2D eigenvalue weighted by molar-refractivity contribution is 8.00. The van der Waals surface area contributed by atoms with Crippen LogP contribution in [0.2, 0.25) is 18.1 Å². The van der Waals surface area contributed by atoms with Crippen LogP contribution in [0.25, 0.3) is 0 Å². The maximum absolute atomic E-state index is 12.0. The summed E-state index contributed by atoms with van der Waals surface area (Å²) >= 11 is 1.73. The highest BCUT2D eigenvalue weighted by Gasteiger charge is 2.60. The molecule has 0 aromatic heterocycles. The summed E-state index contributed by atoms with van der Waals surface area (Å²) in [6.45, 7) is 11.3. The summed E-state index contributed by atoms with van der Waals surface area (Å²) in [6.07, 6.45) is 7.01. The monoisotopic (exact) mass is 284 g/mol. The number of fused-ring (bicyclic) bond motifs is 2. The largest absolute Gasteiger partial charge is 0.401 e. The number of thioether (sulfide) groups is 1. The van der Waals surface area contributed by atoms with Gasteiger partial charge in [-0.1, -0.05) is 32.9 Å². The third kappa shape index (κ3) is 1.93. The van der Waals surface area contributed by atoms with E-state index in [0.29, 0.717) is 12.2 Å². The molecule has 0 aliphatic heterocycles. The first kappa shape index (κ1) is 14.3. The van der Waals surface area contributed by atoms with E-state index in [-0.39, 0.29) is 21.8 Å². The maximum atomic E-state index is 12.0. The summed E-state index contributed by atoms with van der Waals surface area (Å²) in [4.78, 5) is 11.7. The minimum Gasteiger partial charge on any atom is -0.401 e. The van der Waals surface area contributed by atoms with Crippen molar-refractivity contribution in [1.82, 2.24) is 0 Å². The number of carbonyl (C=O) groups is 1. The van der Waals surface area contributed by atoms with Gasteiger partial charge in [0, 0.05) is 12.3 Å². The van der Waals surface area contributed by atoms with Crippen molar-refractivity contribution < 1.29 is 9.22 Å². The molecule has 0 aromatic rings. The van der Waals surface area contributed by atoms with Crippen molar-refractivity contribution in [3.8, 4) is 0 Å².